The quantitative estimate of drug-likeness (QED) is 0.165. The SMILES string of the molecule is CCCCCCCCCCCCCCCOC(=O)CN(C)C(=O)CCC1CCCC1. The van der Waals surface area contributed by atoms with Crippen molar-refractivity contribution in [1.29, 1.82) is 0 Å². The zero-order valence-corrected chi connectivity index (χ0v) is 20.1. The highest BCUT2D eigenvalue weighted by atomic mass is 16.5. The zero-order chi connectivity index (χ0) is 21.9. The molecule has 0 heterocycles. The maximum atomic E-state index is 12.2. The molecule has 4 heteroatoms. The molecule has 0 unspecified atom stereocenters. The Kier molecular flexibility index (Phi) is 16.8. The van der Waals surface area contributed by atoms with Gasteiger partial charge in [-0.1, -0.05) is 110 Å². The predicted molar refractivity (Wildman–Crippen MR) is 125 cm³/mol. The van der Waals surface area contributed by atoms with E-state index in [0.29, 0.717) is 18.9 Å². The Balaban J connectivity index is 1.85. The van der Waals surface area contributed by atoms with Crippen LogP contribution in [0, 0.1) is 5.92 Å². The third kappa shape index (κ3) is 14.8. The van der Waals surface area contributed by atoms with Crippen LogP contribution >= 0.6 is 0 Å². The second kappa shape index (κ2) is 18.7. The lowest BCUT2D eigenvalue weighted by Crippen LogP contribution is -2.33. The summed E-state index contributed by atoms with van der Waals surface area (Å²) in [6.07, 6.45) is 23.7. The van der Waals surface area contributed by atoms with Gasteiger partial charge < -0.3 is 9.64 Å². The first-order valence-electron chi connectivity index (χ1n) is 13.0. The first kappa shape index (κ1) is 27.0. The summed E-state index contributed by atoms with van der Waals surface area (Å²) in [7, 11) is 1.71. The van der Waals surface area contributed by atoms with Crippen LogP contribution in [-0.4, -0.2) is 37.0 Å². The van der Waals surface area contributed by atoms with E-state index < -0.39 is 0 Å². The van der Waals surface area contributed by atoms with Gasteiger partial charge in [-0.2, -0.15) is 0 Å². The van der Waals surface area contributed by atoms with Gasteiger partial charge in [0.25, 0.3) is 0 Å². The summed E-state index contributed by atoms with van der Waals surface area (Å²) in [6.45, 7) is 2.84. The summed E-state index contributed by atoms with van der Waals surface area (Å²) in [5, 5.41) is 0. The lowest BCUT2D eigenvalue weighted by atomic mass is 10.0. The highest BCUT2D eigenvalue weighted by Gasteiger charge is 2.19. The van der Waals surface area contributed by atoms with Gasteiger partial charge in [0.1, 0.15) is 6.54 Å². The van der Waals surface area contributed by atoms with Gasteiger partial charge in [-0.05, 0) is 18.8 Å². The zero-order valence-electron chi connectivity index (χ0n) is 20.1. The number of amides is 1. The van der Waals surface area contributed by atoms with Crippen molar-refractivity contribution in [2.75, 3.05) is 20.2 Å². The Morgan fingerprint density at radius 3 is 1.83 bits per heavy atom. The van der Waals surface area contributed by atoms with E-state index in [4.69, 9.17) is 4.74 Å². The number of carbonyl (C=O) groups is 2. The van der Waals surface area contributed by atoms with Crippen LogP contribution in [-0.2, 0) is 14.3 Å². The molecule has 0 radical (unpaired) electrons. The Morgan fingerprint density at radius 2 is 1.30 bits per heavy atom. The summed E-state index contributed by atoms with van der Waals surface area (Å²) >= 11 is 0. The number of likely N-dealkylation sites (N-methyl/N-ethyl adjacent to an activating group) is 1. The van der Waals surface area contributed by atoms with E-state index >= 15 is 0 Å². The Morgan fingerprint density at radius 1 is 0.800 bits per heavy atom. The van der Waals surface area contributed by atoms with Crippen LogP contribution in [0.1, 0.15) is 129 Å². The van der Waals surface area contributed by atoms with Gasteiger partial charge in [0.05, 0.1) is 6.61 Å². The van der Waals surface area contributed by atoms with Crippen molar-refractivity contribution in [3.63, 3.8) is 0 Å². The largest absolute Gasteiger partial charge is 0.464 e. The highest BCUT2D eigenvalue weighted by Crippen LogP contribution is 2.28. The van der Waals surface area contributed by atoms with E-state index in [9.17, 15) is 9.59 Å². The smallest absolute Gasteiger partial charge is 0.325 e. The van der Waals surface area contributed by atoms with Crippen LogP contribution in [0.25, 0.3) is 0 Å². The molecule has 1 rings (SSSR count). The maximum absolute atomic E-state index is 12.2. The van der Waals surface area contributed by atoms with Gasteiger partial charge >= 0.3 is 5.97 Å². The van der Waals surface area contributed by atoms with Crippen LogP contribution in [0.4, 0.5) is 0 Å². The molecule has 0 N–H and O–H groups in total. The molecule has 0 aliphatic heterocycles. The van der Waals surface area contributed by atoms with Crippen molar-refractivity contribution < 1.29 is 14.3 Å². The molecule has 1 aliphatic rings. The number of carbonyl (C=O) groups excluding carboxylic acids is 2. The monoisotopic (exact) mass is 423 g/mol. The van der Waals surface area contributed by atoms with Crippen LogP contribution in [0.2, 0.25) is 0 Å². The lowest BCUT2D eigenvalue weighted by Gasteiger charge is -2.17. The summed E-state index contributed by atoms with van der Waals surface area (Å²) in [4.78, 5) is 25.6. The molecule has 0 aromatic heterocycles. The molecule has 4 nitrogen and oxygen atoms in total. The summed E-state index contributed by atoms with van der Waals surface area (Å²) in [6, 6.07) is 0. The molecular weight excluding hydrogens is 374 g/mol. The number of ether oxygens (including phenoxy) is 1. The average molecular weight is 424 g/mol. The van der Waals surface area contributed by atoms with E-state index in [1.165, 1.54) is 101 Å². The number of hydrogen-bond acceptors (Lipinski definition) is 3. The second-order valence-electron chi connectivity index (χ2n) is 9.40. The normalized spacial score (nSPS) is 14.2. The van der Waals surface area contributed by atoms with Gasteiger partial charge in [0.15, 0.2) is 0 Å². The van der Waals surface area contributed by atoms with Gasteiger partial charge in [0.2, 0.25) is 5.91 Å². The fourth-order valence-electron chi connectivity index (χ4n) is 4.45. The van der Waals surface area contributed by atoms with Crippen molar-refractivity contribution in [3.05, 3.63) is 0 Å². The first-order chi connectivity index (χ1) is 14.6. The molecule has 0 bridgehead atoms. The van der Waals surface area contributed by atoms with E-state index in [1.807, 2.05) is 0 Å². The lowest BCUT2D eigenvalue weighted by molar-refractivity contribution is -0.148. The third-order valence-electron chi connectivity index (χ3n) is 6.54. The maximum Gasteiger partial charge on any atom is 0.325 e. The number of hydrogen-bond donors (Lipinski definition) is 0. The van der Waals surface area contributed by atoms with Gasteiger partial charge in [-0.15, -0.1) is 0 Å². The molecule has 1 fully saturated rings. The fraction of sp³-hybridized carbons (Fsp3) is 0.923. The summed E-state index contributed by atoms with van der Waals surface area (Å²) in [5.41, 5.74) is 0. The predicted octanol–water partition coefficient (Wildman–Crippen LogP) is 7.05. The molecule has 0 atom stereocenters. The van der Waals surface area contributed by atoms with Crippen molar-refractivity contribution in [2.45, 2.75) is 129 Å². The number of unbranched alkanes of at least 4 members (excludes halogenated alkanes) is 12. The molecule has 0 spiro atoms. The van der Waals surface area contributed by atoms with Crippen LogP contribution in [0.5, 0.6) is 0 Å². The van der Waals surface area contributed by atoms with Crippen molar-refractivity contribution in [3.8, 4) is 0 Å². The number of nitrogens with zero attached hydrogens (tertiary/aromatic N) is 1. The Bertz CT molecular complexity index is 432. The number of esters is 1. The highest BCUT2D eigenvalue weighted by molar-refractivity contribution is 5.81. The summed E-state index contributed by atoms with van der Waals surface area (Å²) in [5.74, 6) is 0.510. The molecule has 0 saturated heterocycles. The van der Waals surface area contributed by atoms with Crippen LogP contribution in [0.3, 0.4) is 0 Å². The molecule has 0 aromatic carbocycles. The summed E-state index contributed by atoms with van der Waals surface area (Å²) < 4.78 is 5.31. The molecule has 1 amide bonds. The van der Waals surface area contributed by atoms with Crippen molar-refractivity contribution in [2.24, 2.45) is 5.92 Å². The Hall–Kier alpha value is -1.06. The van der Waals surface area contributed by atoms with E-state index in [-0.39, 0.29) is 18.4 Å². The fourth-order valence-corrected chi connectivity index (χ4v) is 4.45. The standard InChI is InChI=1S/C26H49NO3/c1-3-4-5-6-7-8-9-10-11-12-13-14-17-22-30-26(29)23-27(2)25(28)21-20-24-18-15-16-19-24/h24H,3-23H2,1-2H3. The molecule has 1 saturated carbocycles. The van der Waals surface area contributed by atoms with E-state index in [1.54, 1.807) is 7.05 Å². The van der Waals surface area contributed by atoms with E-state index in [2.05, 4.69) is 6.92 Å². The minimum Gasteiger partial charge on any atom is -0.464 e. The molecular formula is C26H49NO3. The van der Waals surface area contributed by atoms with Gasteiger partial charge in [-0.3, -0.25) is 9.59 Å². The topological polar surface area (TPSA) is 46.6 Å². The van der Waals surface area contributed by atoms with Crippen LogP contribution < -0.4 is 0 Å². The third-order valence-corrected chi connectivity index (χ3v) is 6.54. The molecule has 30 heavy (non-hydrogen) atoms. The average Bonchev–Trinajstić information content (AvgIpc) is 3.25. The first-order valence-corrected chi connectivity index (χ1v) is 13.0. The van der Waals surface area contributed by atoms with Crippen molar-refractivity contribution >= 4 is 11.9 Å². The van der Waals surface area contributed by atoms with E-state index in [0.717, 1.165) is 19.3 Å². The molecule has 1 aliphatic carbocycles. The minimum atomic E-state index is -0.273. The van der Waals surface area contributed by atoms with Gasteiger partial charge in [-0.25, -0.2) is 0 Å². The molecule has 176 valence electrons. The second-order valence-corrected chi connectivity index (χ2v) is 9.40. The Labute approximate surface area is 186 Å². The number of rotatable bonds is 19. The molecule has 0 aromatic rings. The van der Waals surface area contributed by atoms with Crippen LogP contribution in [0.15, 0.2) is 0 Å². The van der Waals surface area contributed by atoms with Gasteiger partial charge in [0, 0.05) is 13.5 Å². The minimum absolute atomic E-state index is 0.0693. The van der Waals surface area contributed by atoms with Crippen molar-refractivity contribution in [1.82, 2.24) is 4.90 Å².